The van der Waals surface area contributed by atoms with Crippen LogP contribution in [0.1, 0.15) is 10.4 Å². The fourth-order valence-corrected chi connectivity index (χ4v) is 2.25. The van der Waals surface area contributed by atoms with E-state index in [4.69, 9.17) is 19.7 Å². The molecule has 1 unspecified atom stereocenters. The summed E-state index contributed by atoms with van der Waals surface area (Å²) in [6, 6.07) is 5.40. The number of rotatable bonds is 4. The monoisotopic (exact) mass is 328 g/mol. The number of carbonyl (C=O) groups excluding carboxylic acids is 1. The van der Waals surface area contributed by atoms with E-state index in [9.17, 15) is 24.9 Å². The molecular weight excluding hydrogens is 312 g/mol. The Labute approximate surface area is 130 Å². The SMILES string of the molecule is O=C(O[C@H]1C(C(=O)O)O[C@H](CO)[C@@H](O)[C@@H]1O)c1ccccc1O. The van der Waals surface area contributed by atoms with Crippen LogP contribution in [-0.4, -0.2) is 74.6 Å². The van der Waals surface area contributed by atoms with Crippen LogP contribution in [0.2, 0.25) is 0 Å². The summed E-state index contributed by atoms with van der Waals surface area (Å²) in [6.07, 6.45) is -8.24. The molecule has 1 aliphatic heterocycles. The first kappa shape index (κ1) is 17.2. The number of aliphatic hydroxyl groups is 3. The Morgan fingerprint density at radius 2 is 1.83 bits per heavy atom. The zero-order chi connectivity index (χ0) is 17.1. The van der Waals surface area contributed by atoms with Gasteiger partial charge in [-0.15, -0.1) is 0 Å². The smallest absolute Gasteiger partial charge is 0.342 e. The number of aromatic hydroxyl groups is 1. The van der Waals surface area contributed by atoms with Gasteiger partial charge in [-0.05, 0) is 12.1 Å². The van der Waals surface area contributed by atoms with Crippen molar-refractivity contribution in [2.24, 2.45) is 0 Å². The molecule has 126 valence electrons. The van der Waals surface area contributed by atoms with Gasteiger partial charge in [0, 0.05) is 0 Å². The van der Waals surface area contributed by atoms with Crippen LogP contribution in [0.15, 0.2) is 24.3 Å². The molecule has 9 heteroatoms. The molecule has 0 aromatic heterocycles. The first-order chi connectivity index (χ1) is 10.9. The molecule has 0 aliphatic carbocycles. The molecule has 0 saturated carbocycles. The predicted octanol–water partition coefficient (Wildman–Crippen LogP) is -1.52. The lowest BCUT2D eigenvalue weighted by atomic mass is 9.95. The molecule has 1 saturated heterocycles. The predicted molar refractivity (Wildman–Crippen MR) is 72.7 cm³/mol. The average Bonchev–Trinajstić information content (AvgIpc) is 2.52. The molecule has 0 spiro atoms. The number of esters is 1. The highest BCUT2D eigenvalue weighted by atomic mass is 16.6. The highest BCUT2D eigenvalue weighted by Crippen LogP contribution is 2.26. The maximum Gasteiger partial charge on any atom is 0.342 e. The van der Waals surface area contributed by atoms with Gasteiger partial charge in [-0.3, -0.25) is 0 Å². The van der Waals surface area contributed by atoms with Crippen LogP contribution in [0.3, 0.4) is 0 Å². The van der Waals surface area contributed by atoms with Crippen LogP contribution in [-0.2, 0) is 14.3 Å². The summed E-state index contributed by atoms with van der Waals surface area (Å²) >= 11 is 0. The van der Waals surface area contributed by atoms with Crippen LogP contribution in [0.4, 0.5) is 0 Å². The molecule has 1 fully saturated rings. The molecule has 1 aromatic rings. The van der Waals surface area contributed by atoms with Crippen molar-refractivity contribution in [3.05, 3.63) is 29.8 Å². The molecule has 0 radical (unpaired) electrons. The summed E-state index contributed by atoms with van der Waals surface area (Å²) in [5, 5.41) is 47.5. The van der Waals surface area contributed by atoms with E-state index in [0.29, 0.717) is 0 Å². The summed E-state index contributed by atoms with van der Waals surface area (Å²) in [7, 11) is 0. The highest BCUT2D eigenvalue weighted by Gasteiger charge is 2.49. The molecule has 0 amide bonds. The number of para-hydroxylation sites is 1. The quantitative estimate of drug-likeness (QED) is 0.415. The first-order valence-corrected chi connectivity index (χ1v) is 6.71. The standard InChI is InChI=1S/C14H16O9/c15-5-8-9(17)10(18)11(12(22-8)13(19)20)23-14(21)6-3-1-2-4-7(6)16/h1-4,8-12,15-18H,5H2,(H,19,20)/t8-,9-,10+,11-,12?/m1/s1. The minimum Gasteiger partial charge on any atom is -0.507 e. The maximum absolute atomic E-state index is 12.0. The van der Waals surface area contributed by atoms with Gasteiger partial charge in [-0.25, -0.2) is 9.59 Å². The lowest BCUT2D eigenvalue weighted by Gasteiger charge is -2.39. The van der Waals surface area contributed by atoms with E-state index in [-0.39, 0.29) is 11.3 Å². The molecule has 1 heterocycles. The second-order valence-corrected chi connectivity index (χ2v) is 4.98. The molecule has 1 aliphatic rings. The lowest BCUT2D eigenvalue weighted by molar-refractivity contribution is -0.233. The lowest BCUT2D eigenvalue weighted by Crippen LogP contribution is -2.61. The van der Waals surface area contributed by atoms with Gasteiger partial charge in [-0.1, -0.05) is 12.1 Å². The van der Waals surface area contributed by atoms with Crippen molar-refractivity contribution in [2.75, 3.05) is 6.61 Å². The molecule has 0 bridgehead atoms. The van der Waals surface area contributed by atoms with Gasteiger partial charge in [0.2, 0.25) is 0 Å². The zero-order valence-electron chi connectivity index (χ0n) is 11.8. The third-order valence-electron chi connectivity index (χ3n) is 3.48. The Hall–Kier alpha value is -2.20. The third-order valence-corrected chi connectivity index (χ3v) is 3.48. The summed E-state index contributed by atoms with van der Waals surface area (Å²) in [5.41, 5.74) is -0.234. The summed E-state index contributed by atoms with van der Waals surface area (Å²) < 4.78 is 9.87. The van der Waals surface area contributed by atoms with Crippen molar-refractivity contribution in [2.45, 2.75) is 30.5 Å². The van der Waals surface area contributed by atoms with Crippen molar-refractivity contribution in [1.82, 2.24) is 0 Å². The van der Waals surface area contributed by atoms with Crippen LogP contribution in [0, 0.1) is 0 Å². The fourth-order valence-electron chi connectivity index (χ4n) is 2.25. The van der Waals surface area contributed by atoms with Crippen molar-refractivity contribution in [3.8, 4) is 5.75 Å². The number of ether oxygens (including phenoxy) is 2. The van der Waals surface area contributed by atoms with E-state index in [1.165, 1.54) is 24.3 Å². The number of benzene rings is 1. The molecular formula is C14H16O9. The van der Waals surface area contributed by atoms with Gasteiger partial charge >= 0.3 is 11.9 Å². The van der Waals surface area contributed by atoms with E-state index in [0.717, 1.165) is 0 Å². The van der Waals surface area contributed by atoms with E-state index >= 15 is 0 Å². The minimum absolute atomic E-state index is 0.234. The summed E-state index contributed by atoms with van der Waals surface area (Å²) in [5.74, 6) is -3.01. The molecule has 1 aromatic carbocycles. The molecule has 5 atom stereocenters. The van der Waals surface area contributed by atoms with E-state index in [1.54, 1.807) is 0 Å². The third kappa shape index (κ3) is 3.42. The summed E-state index contributed by atoms with van der Waals surface area (Å²) in [6.45, 7) is -0.720. The highest BCUT2D eigenvalue weighted by molar-refractivity contribution is 5.92. The van der Waals surface area contributed by atoms with Crippen LogP contribution >= 0.6 is 0 Å². The number of phenolic OH excluding ortho intramolecular Hbond substituents is 1. The number of carbonyl (C=O) groups is 2. The Bertz CT molecular complexity index is 587. The van der Waals surface area contributed by atoms with Crippen LogP contribution in [0.5, 0.6) is 5.75 Å². The Balaban J connectivity index is 2.23. The number of carboxylic acid groups (broad SMARTS) is 1. The molecule has 2 rings (SSSR count). The average molecular weight is 328 g/mol. The van der Waals surface area contributed by atoms with Crippen LogP contribution in [0.25, 0.3) is 0 Å². The van der Waals surface area contributed by atoms with E-state index < -0.39 is 49.1 Å². The second-order valence-electron chi connectivity index (χ2n) is 4.98. The van der Waals surface area contributed by atoms with Crippen LogP contribution < -0.4 is 0 Å². The number of phenols is 1. The van der Waals surface area contributed by atoms with Gasteiger partial charge < -0.3 is 35.0 Å². The number of hydrogen-bond acceptors (Lipinski definition) is 8. The van der Waals surface area contributed by atoms with Crippen molar-refractivity contribution >= 4 is 11.9 Å². The van der Waals surface area contributed by atoms with E-state index in [2.05, 4.69) is 0 Å². The Morgan fingerprint density at radius 1 is 1.17 bits per heavy atom. The largest absolute Gasteiger partial charge is 0.507 e. The van der Waals surface area contributed by atoms with Gasteiger partial charge in [-0.2, -0.15) is 0 Å². The first-order valence-electron chi connectivity index (χ1n) is 6.71. The molecule has 5 N–H and O–H groups in total. The number of carboxylic acids is 1. The van der Waals surface area contributed by atoms with Crippen molar-refractivity contribution in [1.29, 1.82) is 0 Å². The van der Waals surface area contributed by atoms with Gasteiger partial charge in [0.15, 0.2) is 12.2 Å². The van der Waals surface area contributed by atoms with Crippen molar-refractivity contribution in [3.63, 3.8) is 0 Å². The normalized spacial score (nSPS) is 30.7. The number of aliphatic hydroxyl groups excluding tert-OH is 3. The Kier molecular flexibility index (Phi) is 5.16. The van der Waals surface area contributed by atoms with Gasteiger partial charge in [0.25, 0.3) is 0 Å². The zero-order valence-corrected chi connectivity index (χ0v) is 11.8. The molecule has 9 nitrogen and oxygen atoms in total. The van der Waals surface area contributed by atoms with Crippen molar-refractivity contribution < 1.29 is 44.6 Å². The second kappa shape index (κ2) is 6.92. The summed E-state index contributed by atoms with van der Waals surface area (Å²) in [4.78, 5) is 23.3. The fraction of sp³-hybridized carbons (Fsp3) is 0.429. The molecule has 23 heavy (non-hydrogen) atoms. The Morgan fingerprint density at radius 3 is 2.39 bits per heavy atom. The number of aliphatic carboxylic acids is 1. The van der Waals surface area contributed by atoms with Gasteiger partial charge in [0.1, 0.15) is 29.6 Å². The number of hydrogen-bond donors (Lipinski definition) is 5. The van der Waals surface area contributed by atoms with Gasteiger partial charge in [0.05, 0.1) is 6.61 Å². The minimum atomic E-state index is -1.78. The van der Waals surface area contributed by atoms with E-state index in [1.807, 2.05) is 0 Å². The maximum atomic E-state index is 12.0. The topological polar surface area (TPSA) is 154 Å².